The van der Waals surface area contributed by atoms with Crippen molar-refractivity contribution in [2.24, 2.45) is 5.92 Å². The van der Waals surface area contributed by atoms with Gasteiger partial charge in [-0.2, -0.15) is 4.79 Å². The number of pyridine rings is 2. The van der Waals surface area contributed by atoms with Gasteiger partial charge < -0.3 is 10.4 Å². The molecule has 1 aliphatic heterocycles. The van der Waals surface area contributed by atoms with E-state index in [1.165, 1.54) is 4.90 Å². The topological polar surface area (TPSA) is 95.4 Å². The number of urea groups is 1. The fraction of sp³-hybridized carbons (Fsp3) is 0.263. The number of carbonyl (C=O) groups is 2. The van der Waals surface area contributed by atoms with E-state index in [1.54, 1.807) is 17.6 Å². The third-order valence-corrected chi connectivity index (χ3v) is 6.01. The molecule has 0 saturated heterocycles. The Morgan fingerprint density at radius 2 is 2.11 bits per heavy atom. The molecule has 0 bridgehead atoms. The van der Waals surface area contributed by atoms with Crippen LogP contribution < -0.4 is 10.2 Å². The number of carbonyl (C=O) groups excluding carboxylic acids is 1. The van der Waals surface area contributed by atoms with Crippen LogP contribution in [0.5, 0.6) is 0 Å². The summed E-state index contributed by atoms with van der Waals surface area (Å²) in [5, 5.41) is 13.6. The zero-order valence-corrected chi connectivity index (χ0v) is 16.0. The molecule has 0 spiro atoms. The molecule has 1 aliphatic rings. The zero-order valence-electron chi connectivity index (χ0n) is 15.2. The highest BCUT2D eigenvalue weighted by molar-refractivity contribution is 7.54. The molecule has 3 aromatic heterocycles. The van der Waals surface area contributed by atoms with Gasteiger partial charge in [-0.1, -0.05) is 19.9 Å². The van der Waals surface area contributed by atoms with Crippen molar-refractivity contribution >= 4 is 49.2 Å². The lowest BCUT2D eigenvalue weighted by Gasteiger charge is -2.27. The number of anilines is 3. The molecule has 2 N–H and O–H groups in total. The number of hydrogen-bond donors (Lipinski definition) is 2. The third kappa shape index (κ3) is 2.82. The van der Waals surface area contributed by atoms with Crippen LogP contribution in [0.1, 0.15) is 25.1 Å². The van der Waals surface area contributed by atoms with Gasteiger partial charge in [0.15, 0.2) is 5.38 Å². The number of aryl methyl sites for hydroxylation is 1. The molecule has 27 heavy (non-hydrogen) atoms. The highest BCUT2D eigenvalue weighted by Gasteiger charge is 2.37. The molecule has 1 unspecified atom stereocenters. The minimum atomic E-state index is -1.18. The van der Waals surface area contributed by atoms with E-state index in [9.17, 15) is 14.7 Å². The van der Waals surface area contributed by atoms with Gasteiger partial charge >= 0.3 is 11.3 Å². The van der Waals surface area contributed by atoms with Crippen LogP contribution in [0.2, 0.25) is 0 Å². The van der Waals surface area contributed by atoms with Gasteiger partial charge in [-0.3, -0.25) is 0 Å². The van der Waals surface area contributed by atoms with Crippen LogP contribution in [0.15, 0.2) is 29.8 Å². The van der Waals surface area contributed by atoms with Gasteiger partial charge in [0.25, 0.3) is 4.83 Å². The first kappa shape index (κ1) is 17.4. The summed E-state index contributed by atoms with van der Waals surface area (Å²) in [5.74, 6) is 1.00. The fourth-order valence-corrected chi connectivity index (χ4v) is 4.70. The smallest absolute Gasteiger partial charge is 0.437 e. The Kier molecular flexibility index (Phi) is 4.07. The fourth-order valence-electron chi connectivity index (χ4n) is 3.30. The van der Waals surface area contributed by atoms with E-state index in [4.69, 9.17) is 4.98 Å². The summed E-state index contributed by atoms with van der Waals surface area (Å²) in [6.07, 6.45) is 2.36. The lowest BCUT2D eigenvalue weighted by atomic mass is 10.1. The summed E-state index contributed by atoms with van der Waals surface area (Å²) in [7, 11) is -1.18. The lowest BCUT2D eigenvalue weighted by Crippen LogP contribution is -2.34. The second kappa shape index (κ2) is 6.31. The molecule has 138 valence electrons. The summed E-state index contributed by atoms with van der Waals surface area (Å²) in [6.45, 7) is 6.15. The number of amides is 2. The maximum Gasteiger partial charge on any atom is 0.554 e. The van der Waals surface area contributed by atoms with Crippen molar-refractivity contribution in [3.05, 3.63) is 41.0 Å². The van der Waals surface area contributed by atoms with Gasteiger partial charge in [0.05, 0.1) is 5.69 Å². The minimum Gasteiger partial charge on any atom is -0.437 e. The maximum absolute atomic E-state index is 12.9. The van der Waals surface area contributed by atoms with E-state index < -0.39 is 15.8 Å². The van der Waals surface area contributed by atoms with Crippen molar-refractivity contribution in [3.8, 4) is 0 Å². The van der Waals surface area contributed by atoms with Crippen LogP contribution in [0, 0.1) is 12.8 Å². The Hall–Kier alpha value is -3.00. The monoisotopic (exact) mass is 383 g/mol. The van der Waals surface area contributed by atoms with Crippen molar-refractivity contribution in [1.82, 2.24) is 9.97 Å². The van der Waals surface area contributed by atoms with E-state index in [0.717, 1.165) is 17.7 Å². The molecular formula is C19H19N4O3S+. The van der Waals surface area contributed by atoms with Crippen LogP contribution in [0.4, 0.5) is 26.8 Å². The van der Waals surface area contributed by atoms with E-state index in [2.05, 4.69) is 24.1 Å². The molecule has 4 heterocycles. The van der Waals surface area contributed by atoms with Gasteiger partial charge in [-0.25, -0.2) is 19.7 Å². The van der Waals surface area contributed by atoms with Crippen molar-refractivity contribution in [2.75, 3.05) is 10.2 Å². The number of aromatic nitrogens is 2. The molecule has 2 amide bonds. The second-order valence-corrected chi connectivity index (χ2v) is 8.60. The molecule has 0 fully saturated rings. The van der Waals surface area contributed by atoms with Gasteiger partial charge in [-0.05, 0) is 37.0 Å². The highest BCUT2D eigenvalue weighted by atomic mass is 32.2. The highest BCUT2D eigenvalue weighted by Crippen LogP contribution is 2.46. The number of carboxylic acid groups (broad SMARTS) is 1. The molecule has 0 aliphatic carbocycles. The largest absolute Gasteiger partial charge is 0.554 e. The second-order valence-electron chi connectivity index (χ2n) is 6.95. The number of thiophene rings is 1. The average molecular weight is 383 g/mol. The summed E-state index contributed by atoms with van der Waals surface area (Å²) >= 11 is 0. The molecule has 1 atom stereocenters. The Labute approximate surface area is 158 Å². The van der Waals surface area contributed by atoms with Crippen LogP contribution >= 0.6 is 10.5 Å². The summed E-state index contributed by atoms with van der Waals surface area (Å²) in [6, 6.07) is 5.32. The molecule has 0 saturated carbocycles. The molecule has 7 nitrogen and oxygen atoms in total. The first-order valence-electron chi connectivity index (χ1n) is 8.61. The maximum atomic E-state index is 12.9. The molecule has 8 heteroatoms. The van der Waals surface area contributed by atoms with E-state index in [-0.39, 0.29) is 6.03 Å². The molecule has 4 rings (SSSR count). The van der Waals surface area contributed by atoms with Gasteiger partial charge in [0, 0.05) is 11.9 Å². The van der Waals surface area contributed by atoms with E-state index in [0.29, 0.717) is 33.3 Å². The summed E-state index contributed by atoms with van der Waals surface area (Å²) < 4.78 is 0. The lowest BCUT2D eigenvalue weighted by molar-refractivity contribution is 0.221. The van der Waals surface area contributed by atoms with Crippen LogP contribution in [-0.4, -0.2) is 26.4 Å². The molecular weight excluding hydrogens is 364 g/mol. The van der Waals surface area contributed by atoms with Crippen molar-refractivity contribution < 1.29 is 14.7 Å². The predicted molar refractivity (Wildman–Crippen MR) is 106 cm³/mol. The molecule has 3 aromatic rings. The number of hydrogen-bond acceptors (Lipinski definition) is 4. The van der Waals surface area contributed by atoms with Crippen molar-refractivity contribution in [1.29, 1.82) is 0 Å². The van der Waals surface area contributed by atoms with Crippen LogP contribution in [0.3, 0.4) is 0 Å². The predicted octanol–water partition coefficient (Wildman–Crippen LogP) is 5.10. The average Bonchev–Trinajstić information content (AvgIpc) is 2.97. The normalized spacial score (nSPS) is 14.0. The number of nitrogens with zero attached hydrogens (tertiary/aromatic N) is 3. The molecule has 0 aromatic carbocycles. The first-order valence-corrected chi connectivity index (χ1v) is 9.90. The zero-order chi connectivity index (χ0) is 19.3. The summed E-state index contributed by atoms with van der Waals surface area (Å²) in [4.78, 5) is 35.4. The van der Waals surface area contributed by atoms with Gasteiger partial charge in [0.1, 0.15) is 27.4 Å². The minimum absolute atomic E-state index is 0.348. The van der Waals surface area contributed by atoms with Crippen molar-refractivity contribution in [3.63, 3.8) is 0 Å². The Balaban J connectivity index is 1.92. The summed E-state index contributed by atoms with van der Waals surface area (Å²) in [5.41, 5.74) is 2.90. The first-order chi connectivity index (χ1) is 12.9. The Morgan fingerprint density at radius 1 is 1.33 bits per heavy atom. The van der Waals surface area contributed by atoms with Crippen molar-refractivity contribution in [2.45, 2.75) is 27.2 Å². The SMILES string of the molecule is Cc1ccc(CC(C)C)nc1N1C(=O)Nc2c[s+](C(=O)O)c3nccc1c23. The molecule has 0 radical (unpaired) electrons. The quantitative estimate of drug-likeness (QED) is 0.611. The van der Waals surface area contributed by atoms with Crippen LogP contribution in [0.25, 0.3) is 10.2 Å². The van der Waals surface area contributed by atoms with Gasteiger partial charge in [-0.15, -0.1) is 0 Å². The van der Waals surface area contributed by atoms with E-state index >= 15 is 0 Å². The van der Waals surface area contributed by atoms with E-state index in [1.807, 2.05) is 19.1 Å². The van der Waals surface area contributed by atoms with Crippen LogP contribution in [-0.2, 0) is 6.42 Å². The number of rotatable bonds is 4. The Morgan fingerprint density at radius 3 is 2.81 bits per heavy atom. The number of nitrogens with one attached hydrogen (secondary N) is 1. The standard InChI is InChI=1S/C19H18N4O3S/c1-10(2)8-12-5-4-11(3)16(21-12)23-14-6-7-20-17-15(14)13(22-18(23)24)9-27(17)19(25)26/h4-7,9-10H,8H2,1-3H3,(H-,22,24,25,26)/p+1. The Bertz CT molecular complexity index is 1090. The van der Waals surface area contributed by atoms with Gasteiger partial charge in [0.2, 0.25) is 0 Å². The third-order valence-electron chi connectivity index (χ3n) is 4.44.